The lowest BCUT2D eigenvalue weighted by Crippen LogP contribution is -2.12. The maximum atomic E-state index is 12.3. The number of rotatable bonds is 4. The van der Waals surface area contributed by atoms with E-state index in [-0.39, 0.29) is 16.2 Å². The highest BCUT2D eigenvalue weighted by atomic mass is 127. The molecule has 0 saturated carbocycles. The van der Waals surface area contributed by atoms with E-state index in [1.54, 1.807) is 25.1 Å². The summed E-state index contributed by atoms with van der Waals surface area (Å²) in [6, 6.07) is 10.9. The number of halogens is 1. The summed E-state index contributed by atoms with van der Waals surface area (Å²) in [7, 11) is -2.70. The Hall–Kier alpha value is -1.61. The average Bonchev–Trinajstić information content (AvgIpc) is 2.45. The molecule has 2 aromatic rings. The van der Waals surface area contributed by atoms with Gasteiger partial charge in [0.15, 0.2) is 0 Å². The first kappa shape index (κ1) is 16.8. The Balaban J connectivity index is 2.35. The van der Waals surface area contributed by atoms with E-state index in [1.165, 1.54) is 25.3 Å². The molecular formula is C15H13IO5S. The van der Waals surface area contributed by atoms with Crippen molar-refractivity contribution in [2.24, 2.45) is 0 Å². The van der Waals surface area contributed by atoms with E-state index in [9.17, 15) is 13.2 Å². The number of carbonyl (C=O) groups is 1. The molecule has 0 heterocycles. The third kappa shape index (κ3) is 3.77. The summed E-state index contributed by atoms with van der Waals surface area (Å²) in [6.07, 6.45) is 0. The fraction of sp³-hybridized carbons (Fsp3) is 0.133. The SMILES string of the molecule is COC(=O)c1ccc(S(=O)(=O)Oc2cccc(I)c2)c(C)c1. The van der Waals surface area contributed by atoms with Crippen molar-refractivity contribution in [3.05, 3.63) is 57.2 Å². The van der Waals surface area contributed by atoms with Gasteiger partial charge in [-0.25, -0.2) is 4.79 Å². The number of hydrogen-bond donors (Lipinski definition) is 0. The molecule has 116 valence electrons. The topological polar surface area (TPSA) is 69.7 Å². The van der Waals surface area contributed by atoms with Gasteiger partial charge in [0.25, 0.3) is 0 Å². The van der Waals surface area contributed by atoms with Crippen LogP contribution in [-0.2, 0) is 14.9 Å². The number of aryl methyl sites for hydroxylation is 1. The van der Waals surface area contributed by atoms with Crippen LogP contribution in [0.2, 0.25) is 0 Å². The van der Waals surface area contributed by atoms with Gasteiger partial charge in [0.2, 0.25) is 0 Å². The predicted molar refractivity (Wildman–Crippen MR) is 89.5 cm³/mol. The molecule has 0 N–H and O–H groups in total. The smallest absolute Gasteiger partial charge is 0.339 e. The third-order valence-electron chi connectivity index (χ3n) is 2.87. The van der Waals surface area contributed by atoms with Gasteiger partial charge in [0, 0.05) is 3.57 Å². The molecule has 0 atom stereocenters. The van der Waals surface area contributed by atoms with Gasteiger partial charge in [-0.15, -0.1) is 0 Å². The number of ether oxygens (including phenoxy) is 1. The lowest BCUT2D eigenvalue weighted by Gasteiger charge is -2.10. The molecule has 22 heavy (non-hydrogen) atoms. The minimum Gasteiger partial charge on any atom is -0.465 e. The van der Waals surface area contributed by atoms with Crippen LogP contribution in [0.4, 0.5) is 0 Å². The highest BCUT2D eigenvalue weighted by Crippen LogP contribution is 2.23. The van der Waals surface area contributed by atoms with E-state index in [1.807, 2.05) is 6.07 Å². The Morgan fingerprint density at radius 2 is 1.86 bits per heavy atom. The summed E-state index contributed by atoms with van der Waals surface area (Å²) < 4.78 is 35.3. The third-order valence-corrected chi connectivity index (χ3v) is 4.95. The molecule has 0 fully saturated rings. The Bertz CT molecular complexity index is 814. The van der Waals surface area contributed by atoms with Gasteiger partial charge in [0.1, 0.15) is 10.6 Å². The lowest BCUT2D eigenvalue weighted by atomic mass is 10.1. The van der Waals surface area contributed by atoms with Gasteiger partial charge < -0.3 is 8.92 Å². The molecule has 2 aromatic carbocycles. The van der Waals surface area contributed by atoms with Crippen molar-refractivity contribution >= 4 is 38.7 Å². The van der Waals surface area contributed by atoms with E-state index in [0.29, 0.717) is 5.56 Å². The van der Waals surface area contributed by atoms with E-state index < -0.39 is 16.1 Å². The quantitative estimate of drug-likeness (QED) is 0.422. The summed E-state index contributed by atoms with van der Waals surface area (Å²) in [5.74, 6) is -0.283. The largest absolute Gasteiger partial charge is 0.465 e. The normalized spacial score (nSPS) is 11.0. The fourth-order valence-corrected chi connectivity index (χ4v) is 3.51. The molecule has 0 aliphatic heterocycles. The van der Waals surface area contributed by atoms with Gasteiger partial charge >= 0.3 is 16.1 Å². The highest BCUT2D eigenvalue weighted by Gasteiger charge is 2.20. The molecule has 0 saturated heterocycles. The molecule has 7 heteroatoms. The van der Waals surface area contributed by atoms with Gasteiger partial charge in [-0.05, 0) is 71.5 Å². The molecule has 0 unspecified atom stereocenters. The summed E-state index contributed by atoms with van der Waals surface area (Å²) in [5.41, 5.74) is 0.696. The number of carbonyl (C=O) groups excluding carboxylic acids is 1. The first-order valence-corrected chi connectivity index (χ1v) is 8.71. The van der Waals surface area contributed by atoms with Crippen molar-refractivity contribution in [1.29, 1.82) is 0 Å². The molecule has 0 amide bonds. The zero-order valence-corrected chi connectivity index (χ0v) is 14.8. The van der Waals surface area contributed by atoms with Gasteiger partial charge in [-0.2, -0.15) is 8.42 Å². The number of esters is 1. The first-order valence-electron chi connectivity index (χ1n) is 6.22. The van der Waals surface area contributed by atoms with Crippen LogP contribution in [0, 0.1) is 10.5 Å². The van der Waals surface area contributed by atoms with Crippen molar-refractivity contribution in [1.82, 2.24) is 0 Å². The van der Waals surface area contributed by atoms with Gasteiger partial charge in [-0.1, -0.05) is 6.07 Å². The predicted octanol–water partition coefficient (Wildman–Crippen LogP) is 3.15. The summed E-state index contributed by atoms with van der Waals surface area (Å²) in [4.78, 5) is 11.5. The molecule has 0 spiro atoms. The number of benzene rings is 2. The lowest BCUT2D eigenvalue weighted by molar-refractivity contribution is 0.0600. The maximum absolute atomic E-state index is 12.3. The number of hydrogen-bond acceptors (Lipinski definition) is 5. The second kappa shape index (κ2) is 6.66. The second-order valence-electron chi connectivity index (χ2n) is 4.47. The molecular weight excluding hydrogens is 419 g/mol. The van der Waals surface area contributed by atoms with Crippen LogP contribution in [0.5, 0.6) is 5.75 Å². The van der Waals surface area contributed by atoms with Gasteiger partial charge in [0.05, 0.1) is 12.7 Å². The van der Waals surface area contributed by atoms with E-state index >= 15 is 0 Å². The summed E-state index contributed by atoms with van der Waals surface area (Å²) in [5, 5.41) is 0. The molecule has 0 aromatic heterocycles. The molecule has 2 rings (SSSR count). The first-order chi connectivity index (χ1) is 10.3. The maximum Gasteiger partial charge on any atom is 0.339 e. The van der Waals surface area contributed by atoms with Crippen LogP contribution in [0.25, 0.3) is 0 Å². The van der Waals surface area contributed by atoms with Crippen molar-refractivity contribution in [2.75, 3.05) is 7.11 Å². The van der Waals surface area contributed by atoms with Crippen LogP contribution in [0.3, 0.4) is 0 Å². The highest BCUT2D eigenvalue weighted by molar-refractivity contribution is 14.1. The van der Waals surface area contributed by atoms with Crippen molar-refractivity contribution in [3.8, 4) is 5.75 Å². The summed E-state index contributed by atoms with van der Waals surface area (Å²) >= 11 is 2.07. The molecule has 0 aliphatic carbocycles. The second-order valence-corrected chi connectivity index (χ2v) is 7.23. The molecule has 0 bridgehead atoms. The van der Waals surface area contributed by atoms with Gasteiger partial charge in [-0.3, -0.25) is 0 Å². The minimum atomic E-state index is -3.97. The van der Waals surface area contributed by atoms with Crippen LogP contribution < -0.4 is 4.18 Å². The average molecular weight is 432 g/mol. The summed E-state index contributed by atoms with van der Waals surface area (Å²) in [6.45, 7) is 1.59. The molecule has 5 nitrogen and oxygen atoms in total. The van der Waals surface area contributed by atoms with Crippen LogP contribution in [-0.4, -0.2) is 21.5 Å². The van der Waals surface area contributed by atoms with Crippen molar-refractivity contribution < 1.29 is 22.1 Å². The fourth-order valence-electron chi connectivity index (χ4n) is 1.87. The van der Waals surface area contributed by atoms with E-state index in [4.69, 9.17) is 4.18 Å². The van der Waals surface area contributed by atoms with E-state index in [0.717, 1.165) is 3.57 Å². The Labute approximate surface area is 142 Å². The van der Waals surface area contributed by atoms with Crippen molar-refractivity contribution in [2.45, 2.75) is 11.8 Å². The minimum absolute atomic E-state index is 0.0130. The monoisotopic (exact) mass is 432 g/mol. The molecule has 0 aliphatic rings. The zero-order valence-electron chi connectivity index (χ0n) is 11.9. The van der Waals surface area contributed by atoms with Crippen LogP contribution in [0.1, 0.15) is 15.9 Å². The Morgan fingerprint density at radius 3 is 2.45 bits per heavy atom. The standard InChI is InChI=1S/C15H13IO5S/c1-10-8-11(15(17)20-2)6-7-14(10)22(18,19)21-13-5-3-4-12(16)9-13/h3-9H,1-2H3. The Kier molecular flexibility index (Phi) is 5.07. The zero-order chi connectivity index (χ0) is 16.3. The molecule has 0 radical (unpaired) electrons. The van der Waals surface area contributed by atoms with Crippen LogP contribution in [0.15, 0.2) is 47.4 Å². The Morgan fingerprint density at radius 1 is 1.14 bits per heavy atom. The van der Waals surface area contributed by atoms with Crippen LogP contribution >= 0.6 is 22.6 Å². The van der Waals surface area contributed by atoms with Crippen molar-refractivity contribution in [3.63, 3.8) is 0 Å². The number of methoxy groups -OCH3 is 1. The van der Waals surface area contributed by atoms with E-state index in [2.05, 4.69) is 27.3 Å².